The predicted octanol–water partition coefficient (Wildman–Crippen LogP) is 4.11. The minimum Gasteiger partial charge on any atom is -0.325 e. The minimum atomic E-state index is -0.0387. The zero-order chi connectivity index (χ0) is 14.5. The third-order valence-electron chi connectivity index (χ3n) is 2.87. The van der Waals surface area contributed by atoms with Gasteiger partial charge in [0.05, 0.1) is 6.54 Å². The highest BCUT2D eigenvalue weighted by molar-refractivity contribution is 9.10. The Morgan fingerprint density at radius 2 is 2.15 bits per heavy atom. The molecule has 0 fully saturated rings. The molecule has 1 atom stereocenters. The maximum Gasteiger partial charge on any atom is 0.238 e. The zero-order valence-electron chi connectivity index (χ0n) is 11.4. The maximum atomic E-state index is 11.9. The van der Waals surface area contributed by atoms with Crippen LogP contribution in [0, 0.1) is 6.92 Å². The molecule has 2 aromatic rings. The van der Waals surface area contributed by atoms with Crippen LogP contribution in [-0.2, 0) is 4.79 Å². The number of aryl methyl sites for hydroxylation is 1. The van der Waals surface area contributed by atoms with Crippen LogP contribution in [0.1, 0.15) is 22.7 Å². The lowest BCUT2D eigenvalue weighted by atomic mass is 10.2. The van der Waals surface area contributed by atoms with Gasteiger partial charge >= 0.3 is 0 Å². The van der Waals surface area contributed by atoms with Crippen LogP contribution in [-0.4, -0.2) is 12.5 Å². The topological polar surface area (TPSA) is 41.1 Å². The number of hydrogen-bond donors (Lipinski definition) is 2. The summed E-state index contributed by atoms with van der Waals surface area (Å²) in [6.45, 7) is 4.45. The van der Waals surface area contributed by atoms with E-state index >= 15 is 0 Å². The molecule has 20 heavy (non-hydrogen) atoms. The molecular weight excluding hydrogens is 336 g/mol. The molecule has 0 saturated carbocycles. The van der Waals surface area contributed by atoms with Crippen LogP contribution in [0.2, 0.25) is 0 Å². The van der Waals surface area contributed by atoms with E-state index in [1.54, 1.807) is 11.3 Å². The van der Waals surface area contributed by atoms with Gasteiger partial charge in [-0.25, -0.2) is 0 Å². The Kier molecular flexibility index (Phi) is 5.34. The highest BCUT2D eigenvalue weighted by Crippen LogP contribution is 2.22. The molecule has 0 radical (unpaired) electrons. The van der Waals surface area contributed by atoms with Crippen LogP contribution < -0.4 is 10.6 Å². The lowest BCUT2D eigenvalue weighted by Crippen LogP contribution is -2.29. The molecular formula is C15H17BrN2OS. The zero-order valence-corrected chi connectivity index (χ0v) is 13.8. The predicted molar refractivity (Wildman–Crippen MR) is 88.2 cm³/mol. The summed E-state index contributed by atoms with van der Waals surface area (Å²) in [4.78, 5) is 14.4. The molecule has 1 amide bonds. The molecule has 0 bridgehead atoms. The molecule has 1 unspecified atom stereocenters. The van der Waals surface area contributed by atoms with Gasteiger partial charge in [-0.15, -0.1) is 11.3 Å². The fraction of sp³-hybridized carbons (Fsp3) is 0.267. The molecule has 2 rings (SSSR count). The molecule has 1 heterocycles. The van der Waals surface area contributed by atoms with Crippen LogP contribution >= 0.6 is 27.3 Å². The average Bonchev–Trinajstić information content (AvgIpc) is 2.83. The number of anilines is 1. The normalized spacial score (nSPS) is 12.2. The van der Waals surface area contributed by atoms with Gasteiger partial charge in [-0.2, -0.15) is 0 Å². The monoisotopic (exact) mass is 352 g/mol. The van der Waals surface area contributed by atoms with Crippen molar-refractivity contribution in [1.29, 1.82) is 0 Å². The first kappa shape index (κ1) is 15.2. The number of thiophene rings is 1. The molecule has 106 valence electrons. The number of hydrogen-bond acceptors (Lipinski definition) is 3. The van der Waals surface area contributed by atoms with Gasteiger partial charge in [-0.05, 0) is 44.2 Å². The van der Waals surface area contributed by atoms with Gasteiger partial charge in [0.1, 0.15) is 0 Å². The van der Waals surface area contributed by atoms with Crippen molar-refractivity contribution in [2.24, 2.45) is 0 Å². The molecule has 2 N–H and O–H groups in total. The van der Waals surface area contributed by atoms with E-state index in [0.29, 0.717) is 6.54 Å². The van der Waals surface area contributed by atoms with E-state index in [4.69, 9.17) is 0 Å². The molecule has 1 aromatic heterocycles. The van der Waals surface area contributed by atoms with Gasteiger partial charge in [0.15, 0.2) is 0 Å². The summed E-state index contributed by atoms with van der Waals surface area (Å²) in [5, 5.41) is 6.10. The SMILES string of the molecule is Cc1ccc(C(C)NCC(=O)Nc2cccc(Br)c2)s1. The summed E-state index contributed by atoms with van der Waals surface area (Å²) in [7, 11) is 0. The van der Waals surface area contributed by atoms with Crippen LogP contribution in [0.25, 0.3) is 0 Å². The van der Waals surface area contributed by atoms with E-state index in [0.717, 1.165) is 10.2 Å². The molecule has 5 heteroatoms. The van der Waals surface area contributed by atoms with Crippen molar-refractivity contribution < 1.29 is 4.79 Å². The van der Waals surface area contributed by atoms with E-state index in [-0.39, 0.29) is 11.9 Å². The van der Waals surface area contributed by atoms with Gasteiger partial charge < -0.3 is 10.6 Å². The Hall–Kier alpha value is -1.17. The summed E-state index contributed by atoms with van der Waals surface area (Å²) in [6.07, 6.45) is 0. The maximum absolute atomic E-state index is 11.9. The molecule has 3 nitrogen and oxygen atoms in total. The first-order valence-electron chi connectivity index (χ1n) is 6.40. The molecule has 0 aliphatic carbocycles. The molecule has 1 aromatic carbocycles. The Balaban J connectivity index is 1.83. The number of rotatable bonds is 5. The number of nitrogens with one attached hydrogen (secondary N) is 2. The quantitative estimate of drug-likeness (QED) is 0.849. The summed E-state index contributed by atoms with van der Waals surface area (Å²) >= 11 is 5.13. The van der Waals surface area contributed by atoms with Crippen LogP contribution in [0.3, 0.4) is 0 Å². The lowest BCUT2D eigenvalue weighted by Gasteiger charge is -2.12. The summed E-state index contributed by atoms with van der Waals surface area (Å²) in [5.41, 5.74) is 0.797. The van der Waals surface area contributed by atoms with Crippen LogP contribution in [0.15, 0.2) is 40.9 Å². The third-order valence-corrected chi connectivity index (χ3v) is 4.54. The van der Waals surface area contributed by atoms with E-state index in [1.807, 2.05) is 24.3 Å². The first-order valence-corrected chi connectivity index (χ1v) is 8.00. The van der Waals surface area contributed by atoms with Gasteiger partial charge in [-0.3, -0.25) is 4.79 Å². The number of amides is 1. The largest absolute Gasteiger partial charge is 0.325 e. The summed E-state index contributed by atoms with van der Waals surface area (Å²) in [5.74, 6) is -0.0387. The molecule has 0 aliphatic heterocycles. The van der Waals surface area contributed by atoms with Crippen molar-refractivity contribution in [3.63, 3.8) is 0 Å². The second-order valence-corrected chi connectivity index (χ2v) is 6.84. The number of carbonyl (C=O) groups excluding carboxylic acids is 1. The van der Waals surface area contributed by atoms with Gasteiger partial charge in [0.2, 0.25) is 5.91 Å². The highest BCUT2D eigenvalue weighted by Gasteiger charge is 2.09. The van der Waals surface area contributed by atoms with E-state index in [2.05, 4.69) is 52.5 Å². The van der Waals surface area contributed by atoms with Gasteiger partial charge in [0.25, 0.3) is 0 Å². The lowest BCUT2D eigenvalue weighted by molar-refractivity contribution is -0.115. The Morgan fingerprint density at radius 3 is 2.80 bits per heavy atom. The highest BCUT2D eigenvalue weighted by atomic mass is 79.9. The standard InChI is InChI=1S/C15H17BrN2OS/c1-10-6-7-14(20-10)11(2)17-9-15(19)18-13-5-3-4-12(16)8-13/h3-8,11,17H,9H2,1-2H3,(H,18,19). The Labute approximate surface area is 131 Å². The first-order chi connectivity index (χ1) is 9.54. The molecule has 0 spiro atoms. The van der Waals surface area contributed by atoms with E-state index in [1.165, 1.54) is 9.75 Å². The average molecular weight is 353 g/mol. The van der Waals surface area contributed by atoms with E-state index in [9.17, 15) is 4.79 Å². The summed E-state index contributed by atoms with van der Waals surface area (Å²) < 4.78 is 0.950. The minimum absolute atomic E-state index is 0.0387. The van der Waals surface area contributed by atoms with Gasteiger partial charge in [0, 0.05) is 26.0 Å². The Bertz CT molecular complexity index is 597. The number of carbonyl (C=O) groups is 1. The second-order valence-electron chi connectivity index (χ2n) is 4.61. The van der Waals surface area contributed by atoms with Crippen molar-refractivity contribution in [1.82, 2.24) is 5.32 Å². The number of benzene rings is 1. The summed E-state index contributed by atoms with van der Waals surface area (Å²) in [6, 6.07) is 11.9. The van der Waals surface area contributed by atoms with Crippen LogP contribution in [0.5, 0.6) is 0 Å². The fourth-order valence-corrected chi connectivity index (χ4v) is 3.11. The van der Waals surface area contributed by atoms with Crippen molar-refractivity contribution in [3.05, 3.63) is 50.6 Å². The second kappa shape index (κ2) is 7.02. The van der Waals surface area contributed by atoms with Crippen molar-refractivity contribution in [2.75, 3.05) is 11.9 Å². The fourth-order valence-electron chi connectivity index (χ4n) is 1.80. The van der Waals surface area contributed by atoms with Gasteiger partial charge in [-0.1, -0.05) is 22.0 Å². The van der Waals surface area contributed by atoms with Crippen molar-refractivity contribution in [2.45, 2.75) is 19.9 Å². The number of halogens is 1. The Morgan fingerprint density at radius 1 is 1.35 bits per heavy atom. The smallest absolute Gasteiger partial charge is 0.238 e. The third kappa shape index (κ3) is 4.44. The van der Waals surface area contributed by atoms with Crippen LogP contribution in [0.4, 0.5) is 5.69 Å². The van der Waals surface area contributed by atoms with Crippen molar-refractivity contribution in [3.8, 4) is 0 Å². The molecule has 0 saturated heterocycles. The molecule has 0 aliphatic rings. The van der Waals surface area contributed by atoms with E-state index < -0.39 is 0 Å². The van der Waals surface area contributed by atoms with Crippen molar-refractivity contribution >= 4 is 38.9 Å².